The summed E-state index contributed by atoms with van der Waals surface area (Å²) in [6.45, 7) is 0. The van der Waals surface area contributed by atoms with E-state index in [1.54, 1.807) is 18.2 Å². The van der Waals surface area contributed by atoms with E-state index in [-0.39, 0.29) is 32.2 Å². The van der Waals surface area contributed by atoms with Crippen LogP contribution in [0, 0.1) is 0 Å². The van der Waals surface area contributed by atoms with Crippen molar-refractivity contribution in [1.29, 1.82) is 0 Å². The molecule has 0 aliphatic rings. The Hall–Kier alpha value is -1.86. The zero-order valence-corrected chi connectivity index (χ0v) is 20.2. The summed E-state index contributed by atoms with van der Waals surface area (Å²) in [6, 6.07) is 7.46. The minimum atomic E-state index is -4.56. The number of halogens is 6. The van der Waals surface area contributed by atoms with Crippen LogP contribution in [-0.2, 0) is 11.0 Å². The Bertz CT molecular complexity index is 1180. The Morgan fingerprint density at radius 2 is 1.78 bits per heavy atom. The summed E-state index contributed by atoms with van der Waals surface area (Å²) in [5, 5.41) is 13.0. The maximum Gasteiger partial charge on any atom is 0.416 e. The van der Waals surface area contributed by atoms with E-state index in [0.29, 0.717) is 8.81 Å². The molecule has 0 atom stereocenters. The van der Waals surface area contributed by atoms with Gasteiger partial charge in [-0.15, -0.1) is 10.2 Å². The van der Waals surface area contributed by atoms with Gasteiger partial charge in [-0.05, 0) is 36.4 Å². The summed E-state index contributed by atoms with van der Waals surface area (Å²) in [6.07, 6.45) is -4.56. The molecule has 14 heteroatoms. The molecule has 0 spiro atoms. The summed E-state index contributed by atoms with van der Waals surface area (Å²) in [7, 11) is 0. The van der Waals surface area contributed by atoms with E-state index in [1.165, 1.54) is 0 Å². The lowest BCUT2D eigenvalue weighted by atomic mass is 10.2. The maximum atomic E-state index is 12.8. The van der Waals surface area contributed by atoms with E-state index >= 15 is 0 Å². The number of thioether (sulfide) groups is 1. The van der Waals surface area contributed by atoms with Crippen LogP contribution < -0.4 is 10.6 Å². The predicted molar refractivity (Wildman–Crippen MR) is 123 cm³/mol. The summed E-state index contributed by atoms with van der Waals surface area (Å²) in [5.41, 5.74) is -0.842. The van der Waals surface area contributed by atoms with Crippen LogP contribution in [0.1, 0.15) is 15.9 Å². The van der Waals surface area contributed by atoms with Gasteiger partial charge in [0.25, 0.3) is 5.91 Å². The molecular formula is C18H10BrCl2F3N4O2S2. The molecule has 3 aromatic rings. The van der Waals surface area contributed by atoms with Crippen LogP contribution >= 0.6 is 62.2 Å². The van der Waals surface area contributed by atoms with Crippen LogP contribution in [-0.4, -0.2) is 27.8 Å². The van der Waals surface area contributed by atoms with E-state index in [9.17, 15) is 22.8 Å². The minimum absolute atomic E-state index is 0.0246. The van der Waals surface area contributed by atoms with E-state index in [2.05, 4.69) is 36.8 Å². The highest BCUT2D eigenvalue weighted by atomic mass is 79.9. The Labute approximate surface area is 206 Å². The quantitative estimate of drug-likeness (QED) is 0.251. The summed E-state index contributed by atoms with van der Waals surface area (Å²) >= 11 is 17.2. The number of hydrogen-bond donors (Lipinski definition) is 2. The first kappa shape index (κ1) is 24.8. The number of benzene rings is 2. The van der Waals surface area contributed by atoms with Crippen molar-refractivity contribution in [3.05, 3.63) is 62.0 Å². The van der Waals surface area contributed by atoms with Crippen molar-refractivity contribution in [1.82, 2.24) is 10.2 Å². The summed E-state index contributed by atoms with van der Waals surface area (Å²) in [4.78, 5) is 24.5. The Balaban J connectivity index is 1.58. The molecule has 1 aromatic heterocycles. The van der Waals surface area contributed by atoms with Crippen LogP contribution in [0.4, 0.5) is 24.0 Å². The van der Waals surface area contributed by atoms with Crippen molar-refractivity contribution in [2.45, 2.75) is 10.5 Å². The third-order valence-corrected chi connectivity index (χ3v) is 6.82. The van der Waals surface area contributed by atoms with E-state index in [1.807, 2.05) is 0 Å². The SMILES string of the molecule is O=C(CSc1nnc(NC(=O)c2cc(Br)ccc2Cl)s1)Nc1cc(C(F)(F)F)ccc1Cl. The monoisotopic (exact) mass is 584 g/mol. The number of amides is 2. The highest BCUT2D eigenvalue weighted by Crippen LogP contribution is 2.34. The molecule has 1 heterocycles. The van der Waals surface area contributed by atoms with Crippen molar-refractivity contribution in [3.63, 3.8) is 0 Å². The maximum absolute atomic E-state index is 12.8. The molecule has 2 amide bonds. The smallest absolute Gasteiger partial charge is 0.324 e. The first-order valence-electron chi connectivity index (χ1n) is 8.42. The van der Waals surface area contributed by atoms with E-state index in [4.69, 9.17) is 23.2 Å². The van der Waals surface area contributed by atoms with Crippen molar-refractivity contribution in [2.24, 2.45) is 0 Å². The Morgan fingerprint density at radius 3 is 2.50 bits per heavy atom. The second-order valence-corrected chi connectivity index (χ2v) is 9.91. The fourth-order valence-electron chi connectivity index (χ4n) is 2.27. The third kappa shape index (κ3) is 6.58. The van der Waals surface area contributed by atoms with Gasteiger partial charge in [0, 0.05) is 4.47 Å². The number of alkyl halides is 3. The molecule has 0 fully saturated rings. The molecular weight excluding hydrogens is 576 g/mol. The Morgan fingerprint density at radius 1 is 1.06 bits per heavy atom. The van der Waals surface area contributed by atoms with Gasteiger partial charge in [0.2, 0.25) is 11.0 Å². The molecule has 2 N–H and O–H groups in total. The largest absolute Gasteiger partial charge is 0.416 e. The average molecular weight is 586 g/mol. The van der Waals surface area contributed by atoms with Crippen LogP contribution in [0.15, 0.2) is 45.2 Å². The number of nitrogens with one attached hydrogen (secondary N) is 2. The molecule has 2 aromatic carbocycles. The standard InChI is InChI=1S/C18H10BrCl2F3N4O2S2/c19-9-2-4-11(20)10(6-9)15(30)26-16-27-28-17(32-16)31-7-14(29)25-13-5-8(18(22,23)24)1-3-12(13)21/h1-6H,7H2,(H,25,29)(H,26,27,30). The number of hydrogen-bond acceptors (Lipinski definition) is 6. The lowest BCUT2D eigenvalue weighted by Gasteiger charge is -2.11. The van der Waals surface area contributed by atoms with Gasteiger partial charge in [-0.3, -0.25) is 14.9 Å². The minimum Gasteiger partial charge on any atom is -0.324 e. The lowest BCUT2D eigenvalue weighted by molar-refractivity contribution is -0.137. The van der Waals surface area contributed by atoms with Gasteiger partial charge in [0.05, 0.1) is 32.6 Å². The number of aromatic nitrogens is 2. The molecule has 0 saturated carbocycles. The van der Waals surface area contributed by atoms with Gasteiger partial charge in [0.1, 0.15) is 0 Å². The molecule has 32 heavy (non-hydrogen) atoms. The van der Waals surface area contributed by atoms with Gasteiger partial charge in [-0.1, -0.05) is 62.2 Å². The molecule has 0 saturated heterocycles. The van der Waals surface area contributed by atoms with Crippen molar-refractivity contribution >= 4 is 84.9 Å². The average Bonchev–Trinajstić information content (AvgIpc) is 3.16. The molecule has 6 nitrogen and oxygen atoms in total. The van der Waals surface area contributed by atoms with E-state index in [0.717, 1.165) is 41.3 Å². The van der Waals surface area contributed by atoms with Gasteiger partial charge in [-0.25, -0.2) is 0 Å². The topological polar surface area (TPSA) is 84.0 Å². The molecule has 0 radical (unpaired) electrons. The molecule has 168 valence electrons. The number of anilines is 2. The summed E-state index contributed by atoms with van der Waals surface area (Å²) in [5.74, 6) is -1.23. The molecule has 0 aliphatic heterocycles. The zero-order chi connectivity index (χ0) is 23.5. The van der Waals surface area contributed by atoms with Crippen LogP contribution in [0.5, 0.6) is 0 Å². The predicted octanol–water partition coefficient (Wildman–Crippen LogP) is 6.61. The number of rotatable bonds is 6. The highest BCUT2D eigenvalue weighted by molar-refractivity contribution is 9.10. The van der Waals surface area contributed by atoms with Gasteiger partial charge in [0.15, 0.2) is 4.34 Å². The zero-order valence-electron chi connectivity index (χ0n) is 15.5. The molecule has 0 unspecified atom stereocenters. The second kappa shape index (κ2) is 10.4. The normalized spacial score (nSPS) is 11.3. The van der Waals surface area contributed by atoms with Crippen molar-refractivity contribution < 1.29 is 22.8 Å². The Kier molecular flexibility index (Phi) is 8.04. The first-order valence-corrected chi connectivity index (χ1v) is 11.8. The second-order valence-electron chi connectivity index (χ2n) is 5.98. The summed E-state index contributed by atoms with van der Waals surface area (Å²) < 4.78 is 39.5. The van der Waals surface area contributed by atoms with Gasteiger partial charge < -0.3 is 5.32 Å². The number of carbonyl (C=O) groups excluding carboxylic acids is 2. The molecule has 0 bridgehead atoms. The van der Waals surface area contributed by atoms with Crippen LogP contribution in [0.3, 0.4) is 0 Å². The highest BCUT2D eigenvalue weighted by Gasteiger charge is 2.31. The van der Waals surface area contributed by atoms with E-state index < -0.39 is 23.6 Å². The number of carbonyl (C=O) groups is 2. The molecule has 3 rings (SSSR count). The third-order valence-electron chi connectivity index (χ3n) is 3.69. The fraction of sp³-hybridized carbons (Fsp3) is 0.111. The number of nitrogens with zero attached hydrogens (tertiary/aromatic N) is 2. The van der Waals surface area contributed by atoms with Crippen molar-refractivity contribution in [3.8, 4) is 0 Å². The fourth-order valence-corrected chi connectivity index (χ4v) is 4.54. The van der Waals surface area contributed by atoms with Crippen LogP contribution in [0.2, 0.25) is 10.0 Å². The van der Waals surface area contributed by atoms with Crippen molar-refractivity contribution in [2.75, 3.05) is 16.4 Å². The molecule has 0 aliphatic carbocycles. The lowest BCUT2D eigenvalue weighted by Crippen LogP contribution is -2.15. The first-order chi connectivity index (χ1) is 15.0. The van der Waals surface area contributed by atoms with Crippen LogP contribution in [0.25, 0.3) is 0 Å². The van der Waals surface area contributed by atoms with Gasteiger partial charge in [-0.2, -0.15) is 13.2 Å². The van der Waals surface area contributed by atoms with Gasteiger partial charge >= 0.3 is 6.18 Å².